The third-order valence-corrected chi connectivity index (χ3v) is 5.94. The smallest absolute Gasteiger partial charge is 0.173 e. The van der Waals surface area contributed by atoms with Crippen molar-refractivity contribution in [1.82, 2.24) is 9.97 Å². The largest absolute Gasteiger partial charge is 0.293 e. The highest BCUT2D eigenvalue weighted by Gasteiger charge is 2.15. The van der Waals surface area contributed by atoms with Gasteiger partial charge in [-0.15, -0.1) is 11.3 Å². The molecule has 0 unspecified atom stereocenters. The molecule has 0 saturated carbocycles. The van der Waals surface area contributed by atoms with E-state index in [2.05, 4.69) is 23.8 Å². The van der Waals surface area contributed by atoms with Crippen molar-refractivity contribution < 1.29 is 4.79 Å². The van der Waals surface area contributed by atoms with Crippen molar-refractivity contribution in [2.75, 3.05) is 5.75 Å². The minimum absolute atomic E-state index is 0.0701. The molecule has 2 aromatic heterocycles. The second-order valence-corrected chi connectivity index (χ2v) is 7.86. The van der Waals surface area contributed by atoms with Crippen molar-refractivity contribution in [1.29, 1.82) is 0 Å². The Balaban J connectivity index is 1.87. The molecule has 0 bridgehead atoms. The Bertz CT molecular complexity index is 888. The van der Waals surface area contributed by atoms with Gasteiger partial charge in [-0.3, -0.25) is 4.79 Å². The Morgan fingerprint density at radius 3 is 2.57 bits per heavy atom. The van der Waals surface area contributed by atoms with E-state index in [4.69, 9.17) is 11.6 Å². The maximum Gasteiger partial charge on any atom is 0.173 e. The minimum Gasteiger partial charge on any atom is -0.293 e. The number of carbonyl (C=O) groups is 1. The first-order valence-corrected chi connectivity index (χ1v) is 9.29. The average Bonchev–Trinajstić information content (AvgIpc) is 2.79. The number of thiophene rings is 1. The molecule has 0 atom stereocenters. The fourth-order valence-electron chi connectivity index (χ4n) is 2.27. The number of aromatic nitrogens is 2. The van der Waals surface area contributed by atoms with Crippen LogP contribution in [0.15, 0.2) is 29.3 Å². The lowest BCUT2D eigenvalue weighted by Gasteiger charge is -2.05. The van der Waals surface area contributed by atoms with E-state index in [1.54, 1.807) is 35.6 Å². The maximum atomic E-state index is 12.3. The number of aryl methyl sites for hydroxylation is 3. The van der Waals surface area contributed by atoms with Gasteiger partial charge in [0.1, 0.15) is 15.7 Å². The van der Waals surface area contributed by atoms with Crippen molar-refractivity contribution >= 4 is 50.7 Å². The fourth-order valence-corrected chi connectivity index (χ4v) is 4.56. The molecule has 1 aromatic carbocycles. The highest BCUT2D eigenvalue weighted by atomic mass is 35.5. The number of halogens is 1. The van der Waals surface area contributed by atoms with E-state index < -0.39 is 0 Å². The van der Waals surface area contributed by atoms with E-state index in [0.29, 0.717) is 16.3 Å². The molecule has 0 aliphatic carbocycles. The lowest BCUT2D eigenvalue weighted by Crippen LogP contribution is -2.03. The summed E-state index contributed by atoms with van der Waals surface area (Å²) in [7, 11) is 0. The molecule has 3 nitrogen and oxygen atoms in total. The number of thioether (sulfide) groups is 1. The number of ketones is 1. The number of hydrogen-bond acceptors (Lipinski definition) is 5. The van der Waals surface area contributed by atoms with Crippen molar-refractivity contribution in [2.24, 2.45) is 0 Å². The molecule has 3 rings (SSSR count). The molecule has 23 heavy (non-hydrogen) atoms. The zero-order valence-corrected chi connectivity index (χ0v) is 15.4. The van der Waals surface area contributed by atoms with E-state index in [9.17, 15) is 4.79 Å². The van der Waals surface area contributed by atoms with E-state index >= 15 is 0 Å². The van der Waals surface area contributed by atoms with Gasteiger partial charge in [-0.1, -0.05) is 23.4 Å². The molecule has 6 heteroatoms. The Kier molecular flexibility index (Phi) is 4.71. The topological polar surface area (TPSA) is 42.9 Å². The summed E-state index contributed by atoms with van der Waals surface area (Å²) in [4.78, 5) is 23.6. The molecular weight excluding hydrogens is 348 g/mol. The van der Waals surface area contributed by atoms with Gasteiger partial charge in [0.25, 0.3) is 0 Å². The SMILES string of the molecule is Cc1nc(SCC(=O)c2ccc(Cl)cc2)c2c(C)c(C)sc2n1. The number of hydrogen-bond donors (Lipinski definition) is 0. The minimum atomic E-state index is 0.0701. The molecule has 118 valence electrons. The van der Waals surface area contributed by atoms with Crippen LogP contribution in [0.3, 0.4) is 0 Å². The highest BCUT2D eigenvalue weighted by molar-refractivity contribution is 8.00. The van der Waals surface area contributed by atoms with Crippen LogP contribution in [0, 0.1) is 20.8 Å². The van der Waals surface area contributed by atoms with Crippen LogP contribution >= 0.6 is 34.7 Å². The zero-order chi connectivity index (χ0) is 16.6. The number of Topliss-reactive ketones (excluding diaryl/α,β-unsaturated/α-hetero) is 1. The van der Waals surface area contributed by atoms with Crippen LogP contribution in [0.5, 0.6) is 0 Å². The van der Waals surface area contributed by atoms with Gasteiger partial charge in [-0.25, -0.2) is 9.97 Å². The van der Waals surface area contributed by atoms with Gasteiger partial charge < -0.3 is 0 Å². The lowest BCUT2D eigenvalue weighted by molar-refractivity contribution is 0.102. The van der Waals surface area contributed by atoms with Crippen LogP contribution in [0.4, 0.5) is 0 Å². The summed E-state index contributed by atoms with van der Waals surface area (Å²) in [5.74, 6) is 1.16. The van der Waals surface area contributed by atoms with Gasteiger partial charge in [0, 0.05) is 20.8 Å². The molecule has 0 saturated heterocycles. The summed E-state index contributed by atoms with van der Waals surface area (Å²) in [5.41, 5.74) is 1.87. The van der Waals surface area contributed by atoms with E-state index in [-0.39, 0.29) is 5.78 Å². The number of nitrogens with zero attached hydrogens (tertiary/aromatic N) is 2. The average molecular weight is 363 g/mol. The molecule has 0 aliphatic heterocycles. The highest BCUT2D eigenvalue weighted by Crippen LogP contribution is 2.35. The number of carbonyl (C=O) groups excluding carboxylic acids is 1. The summed E-state index contributed by atoms with van der Waals surface area (Å²) in [6.07, 6.45) is 0. The number of fused-ring (bicyclic) bond motifs is 1. The van der Waals surface area contributed by atoms with Crippen molar-refractivity contribution in [3.05, 3.63) is 51.1 Å². The van der Waals surface area contributed by atoms with Gasteiger partial charge in [-0.2, -0.15) is 0 Å². The van der Waals surface area contributed by atoms with E-state index in [1.165, 1.54) is 22.2 Å². The van der Waals surface area contributed by atoms with Crippen LogP contribution in [0.2, 0.25) is 5.02 Å². The van der Waals surface area contributed by atoms with Crippen LogP contribution in [0.1, 0.15) is 26.6 Å². The van der Waals surface area contributed by atoms with Crippen molar-refractivity contribution in [3.8, 4) is 0 Å². The van der Waals surface area contributed by atoms with Crippen LogP contribution in [0.25, 0.3) is 10.2 Å². The molecule has 0 amide bonds. The van der Waals surface area contributed by atoms with Crippen molar-refractivity contribution in [2.45, 2.75) is 25.8 Å². The second kappa shape index (κ2) is 6.59. The Morgan fingerprint density at radius 2 is 1.87 bits per heavy atom. The summed E-state index contributed by atoms with van der Waals surface area (Å²) < 4.78 is 0. The van der Waals surface area contributed by atoms with E-state index in [0.717, 1.165) is 21.1 Å². The van der Waals surface area contributed by atoms with Gasteiger partial charge in [0.15, 0.2) is 5.78 Å². The molecule has 0 radical (unpaired) electrons. The molecular formula is C17H15ClN2OS2. The summed E-state index contributed by atoms with van der Waals surface area (Å²) in [6.45, 7) is 6.05. The fraction of sp³-hybridized carbons (Fsp3) is 0.235. The predicted octanol–water partition coefficient (Wildman–Crippen LogP) is 5.24. The summed E-state index contributed by atoms with van der Waals surface area (Å²) >= 11 is 9.01. The number of benzene rings is 1. The molecule has 2 heterocycles. The summed E-state index contributed by atoms with van der Waals surface area (Å²) in [6, 6.07) is 6.98. The quantitative estimate of drug-likeness (QED) is 0.361. The number of rotatable bonds is 4. The predicted molar refractivity (Wildman–Crippen MR) is 98.1 cm³/mol. The zero-order valence-electron chi connectivity index (χ0n) is 13.0. The van der Waals surface area contributed by atoms with Gasteiger partial charge in [0.2, 0.25) is 0 Å². The third kappa shape index (κ3) is 3.42. The van der Waals surface area contributed by atoms with Crippen LogP contribution in [-0.4, -0.2) is 21.5 Å². The first kappa shape index (κ1) is 16.4. The van der Waals surface area contributed by atoms with Gasteiger partial charge in [0.05, 0.1) is 5.75 Å². The second-order valence-electron chi connectivity index (χ2n) is 5.26. The van der Waals surface area contributed by atoms with E-state index in [1.807, 2.05) is 6.92 Å². The summed E-state index contributed by atoms with van der Waals surface area (Å²) in [5, 5.41) is 2.59. The molecule has 0 fully saturated rings. The first-order valence-electron chi connectivity index (χ1n) is 7.11. The molecule has 0 aliphatic rings. The van der Waals surface area contributed by atoms with Crippen LogP contribution in [-0.2, 0) is 0 Å². The van der Waals surface area contributed by atoms with Crippen molar-refractivity contribution in [3.63, 3.8) is 0 Å². The lowest BCUT2D eigenvalue weighted by atomic mass is 10.1. The Morgan fingerprint density at radius 1 is 1.17 bits per heavy atom. The Hall–Kier alpha value is -1.43. The third-order valence-electron chi connectivity index (χ3n) is 3.61. The first-order chi connectivity index (χ1) is 11.0. The Labute approximate surface area is 148 Å². The van der Waals surface area contributed by atoms with Crippen LogP contribution < -0.4 is 0 Å². The molecule has 0 N–H and O–H groups in total. The monoisotopic (exact) mass is 362 g/mol. The van der Waals surface area contributed by atoms with Gasteiger partial charge in [-0.05, 0) is 50.6 Å². The standard InChI is InChI=1S/C17H15ClN2OS2/c1-9-10(2)23-17-15(9)16(19-11(3)20-17)22-8-14(21)12-4-6-13(18)7-5-12/h4-7H,8H2,1-3H3. The normalized spacial score (nSPS) is 11.1. The maximum absolute atomic E-state index is 12.3. The van der Waals surface area contributed by atoms with Gasteiger partial charge >= 0.3 is 0 Å². The molecule has 3 aromatic rings. The molecule has 0 spiro atoms.